The van der Waals surface area contributed by atoms with Crippen molar-refractivity contribution in [2.75, 3.05) is 6.54 Å². The van der Waals surface area contributed by atoms with Crippen LogP contribution >= 0.6 is 15.9 Å². The van der Waals surface area contributed by atoms with E-state index < -0.39 is 0 Å². The summed E-state index contributed by atoms with van der Waals surface area (Å²) in [5, 5.41) is 0. The number of carbonyl (C=O) groups excluding carboxylic acids is 1. The zero-order valence-electron chi connectivity index (χ0n) is 11.3. The second-order valence-corrected chi connectivity index (χ2v) is 6.40. The summed E-state index contributed by atoms with van der Waals surface area (Å²) in [4.78, 5) is 18.5. The molecule has 1 aliphatic heterocycles. The lowest BCUT2D eigenvalue weighted by molar-refractivity contribution is -0.138. The molecule has 2 rings (SSSR count). The summed E-state index contributed by atoms with van der Waals surface area (Å²) in [6.45, 7) is 4.95. The zero-order chi connectivity index (χ0) is 14.0. The van der Waals surface area contributed by atoms with Crippen LogP contribution in [0.3, 0.4) is 0 Å². The van der Waals surface area contributed by atoms with Gasteiger partial charge in [-0.2, -0.15) is 0 Å². The molecule has 4 nitrogen and oxygen atoms in total. The van der Waals surface area contributed by atoms with Gasteiger partial charge in [0.05, 0.1) is 11.7 Å². The maximum absolute atomic E-state index is 12.2. The lowest BCUT2D eigenvalue weighted by Crippen LogP contribution is -2.50. The van der Waals surface area contributed by atoms with Crippen molar-refractivity contribution in [3.05, 3.63) is 28.5 Å². The van der Waals surface area contributed by atoms with Crippen molar-refractivity contribution in [1.82, 2.24) is 9.88 Å². The SMILES string of the molecule is CC(C)CN1C(=O)CCC(N)C1c1ccc(Br)cn1. The van der Waals surface area contributed by atoms with Crippen molar-refractivity contribution in [2.45, 2.75) is 38.8 Å². The van der Waals surface area contributed by atoms with Crippen LogP contribution in [0.25, 0.3) is 0 Å². The fraction of sp³-hybridized carbons (Fsp3) is 0.571. The number of amides is 1. The third-order valence-corrected chi connectivity index (χ3v) is 3.84. The van der Waals surface area contributed by atoms with E-state index in [4.69, 9.17) is 5.73 Å². The molecule has 1 aromatic heterocycles. The molecule has 2 unspecified atom stereocenters. The molecule has 1 amide bonds. The molecular weight excluding hydrogens is 306 g/mol. The van der Waals surface area contributed by atoms with Gasteiger partial charge in [-0.1, -0.05) is 13.8 Å². The van der Waals surface area contributed by atoms with Crippen molar-refractivity contribution in [3.8, 4) is 0 Å². The van der Waals surface area contributed by atoms with Crippen molar-refractivity contribution >= 4 is 21.8 Å². The largest absolute Gasteiger partial charge is 0.332 e. The molecule has 0 bridgehead atoms. The Kier molecular flexibility index (Phi) is 4.58. The predicted molar refractivity (Wildman–Crippen MR) is 78.4 cm³/mol. The second-order valence-electron chi connectivity index (χ2n) is 5.49. The molecule has 2 N–H and O–H groups in total. The predicted octanol–water partition coefficient (Wildman–Crippen LogP) is 2.49. The van der Waals surface area contributed by atoms with E-state index in [9.17, 15) is 4.79 Å². The maximum atomic E-state index is 12.2. The van der Waals surface area contributed by atoms with E-state index in [1.165, 1.54) is 0 Å². The Morgan fingerprint density at radius 1 is 1.53 bits per heavy atom. The number of rotatable bonds is 3. The van der Waals surface area contributed by atoms with Crippen LogP contribution in [0.15, 0.2) is 22.8 Å². The van der Waals surface area contributed by atoms with Gasteiger partial charge in [-0.25, -0.2) is 0 Å². The maximum Gasteiger partial charge on any atom is 0.223 e. The highest BCUT2D eigenvalue weighted by atomic mass is 79.9. The Labute approximate surface area is 122 Å². The van der Waals surface area contributed by atoms with Gasteiger partial charge in [-0.15, -0.1) is 0 Å². The normalized spacial score (nSPS) is 24.1. The number of aromatic nitrogens is 1. The van der Waals surface area contributed by atoms with Crippen LogP contribution < -0.4 is 5.73 Å². The van der Waals surface area contributed by atoms with Crippen LogP contribution in [0.2, 0.25) is 0 Å². The van der Waals surface area contributed by atoms with E-state index in [2.05, 4.69) is 34.8 Å². The summed E-state index contributed by atoms with van der Waals surface area (Å²) in [6.07, 6.45) is 3.03. The number of hydrogen-bond acceptors (Lipinski definition) is 3. The lowest BCUT2D eigenvalue weighted by Gasteiger charge is -2.40. The van der Waals surface area contributed by atoms with Gasteiger partial charge in [0.15, 0.2) is 0 Å². The lowest BCUT2D eigenvalue weighted by atomic mass is 9.92. The number of pyridine rings is 1. The number of hydrogen-bond donors (Lipinski definition) is 1. The van der Waals surface area contributed by atoms with Gasteiger partial charge in [0.1, 0.15) is 0 Å². The fourth-order valence-electron chi connectivity index (χ4n) is 2.53. The number of carbonyl (C=O) groups is 1. The molecule has 0 saturated carbocycles. The summed E-state index contributed by atoms with van der Waals surface area (Å²) in [7, 11) is 0. The van der Waals surface area contributed by atoms with Crippen LogP contribution in [-0.2, 0) is 4.79 Å². The molecule has 1 saturated heterocycles. The molecule has 1 fully saturated rings. The second kappa shape index (κ2) is 6.01. The summed E-state index contributed by atoms with van der Waals surface area (Å²) in [6, 6.07) is 3.75. The van der Waals surface area contributed by atoms with Crippen molar-refractivity contribution < 1.29 is 4.79 Å². The first-order chi connectivity index (χ1) is 8.99. The quantitative estimate of drug-likeness (QED) is 0.928. The topological polar surface area (TPSA) is 59.2 Å². The van der Waals surface area contributed by atoms with Crippen LogP contribution in [-0.4, -0.2) is 28.4 Å². The van der Waals surface area contributed by atoms with Crippen LogP contribution in [0.1, 0.15) is 38.4 Å². The average molecular weight is 326 g/mol. The molecule has 104 valence electrons. The molecular formula is C14H20BrN3O. The van der Waals surface area contributed by atoms with Gasteiger partial charge < -0.3 is 10.6 Å². The number of halogens is 1. The number of likely N-dealkylation sites (tertiary alicyclic amines) is 1. The van der Waals surface area contributed by atoms with E-state index in [1.54, 1.807) is 6.20 Å². The minimum Gasteiger partial charge on any atom is -0.332 e. The van der Waals surface area contributed by atoms with Crippen LogP contribution in [0.4, 0.5) is 0 Å². The Balaban J connectivity index is 2.30. The molecule has 0 aliphatic carbocycles. The van der Waals surface area contributed by atoms with E-state index in [0.717, 1.165) is 23.1 Å². The van der Waals surface area contributed by atoms with Crippen molar-refractivity contribution in [2.24, 2.45) is 11.7 Å². The molecule has 5 heteroatoms. The van der Waals surface area contributed by atoms with Gasteiger partial charge in [0, 0.05) is 29.7 Å². The highest BCUT2D eigenvalue weighted by molar-refractivity contribution is 9.10. The van der Waals surface area contributed by atoms with E-state index in [0.29, 0.717) is 12.3 Å². The Morgan fingerprint density at radius 3 is 2.84 bits per heavy atom. The summed E-state index contributed by atoms with van der Waals surface area (Å²) < 4.78 is 0.933. The highest BCUT2D eigenvalue weighted by Crippen LogP contribution is 2.30. The van der Waals surface area contributed by atoms with E-state index in [-0.39, 0.29) is 18.0 Å². The van der Waals surface area contributed by atoms with Gasteiger partial charge in [0.25, 0.3) is 0 Å². The zero-order valence-corrected chi connectivity index (χ0v) is 12.9. The highest BCUT2D eigenvalue weighted by Gasteiger charge is 2.35. The minimum atomic E-state index is -0.100. The molecule has 0 aromatic carbocycles. The Morgan fingerprint density at radius 2 is 2.26 bits per heavy atom. The molecule has 1 aliphatic rings. The molecule has 0 radical (unpaired) electrons. The third kappa shape index (κ3) is 3.34. The summed E-state index contributed by atoms with van der Waals surface area (Å²) >= 11 is 3.38. The summed E-state index contributed by atoms with van der Waals surface area (Å²) in [5.74, 6) is 0.609. The molecule has 1 aromatic rings. The summed E-state index contributed by atoms with van der Waals surface area (Å²) in [5.41, 5.74) is 7.11. The monoisotopic (exact) mass is 325 g/mol. The van der Waals surface area contributed by atoms with Crippen LogP contribution in [0, 0.1) is 5.92 Å². The van der Waals surface area contributed by atoms with E-state index >= 15 is 0 Å². The average Bonchev–Trinajstić information content (AvgIpc) is 2.35. The number of nitrogens with zero attached hydrogens (tertiary/aromatic N) is 2. The molecule has 0 spiro atoms. The molecule has 2 atom stereocenters. The Bertz CT molecular complexity index is 447. The van der Waals surface area contributed by atoms with E-state index in [1.807, 2.05) is 17.0 Å². The number of nitrogens with two attached hydrogens (primary N) is 1. The van der Waals surface area contributed by atoms with Gasteiger partial charge >= 0.3 is 0 Å². The third-order valence-electron chi connectivity index (χ3n) is 3.37. The first kappa shape index (κ1) is 14.5. The molecule has 19 heavy (non-hydrogen) atoms. The molecule has 2 heterocycles. The smallest absolute Gasteiger partial charge is 0.223 e. The Hall–Kier alpha value is -0.940. The van der Waals surface area contributed by atoms with Gasteiger partial charge in [0.2, 0.25) is 5.91 Å². The minimum absolute atomic E-state index is 0.0369. The van der Waals surface area contributed by atoms with Gasteiger partial charge in [-0.3, -0.25) is 9.78 Å². The van der Waals surface area contributed by atoms with Crippen LogP contribution in [0.5, 0.6) is 0 Å². The van der Waals surface area contributed by atoms with Crippen molar-refractivity contribution in [3.63, 3.8) is 0 Å². The standard InChI is InChI=1S/C14H20BrN3O/c1-9(2)8-18-13(19)6-4-11(16)14(18)12-5-3-10(15)7-17-12/h3,5,7,9,11,14H,4,6,8,16H2,1-2H3. The first-order valence-corrected chi connectivity index (χ1v) is 7.45. The van der Waals surface area contributed by atoms with Gasteiger partial charge in [-0.05, 0) is 40.4 Å². The fourth-order valence-corrected chi connectivity index (χ4v) is 2.76. The number of piperidine rings is 1. The van der Waals surface area contributed by atoms with Crippen molar-refractivity contribution in [1.29, 1.82) is 0 Å². The first-order valence-electron chi connectivity index (χ1n) is 6.65.